The lowest BCUT2D eigenvalue weighted by molar-refractivity contribution is 0.217. The molecule has 21 heavy (non-hydrogen) atoms. The standard InChI is InChI=1S/C18H23NO2/c1-3-13(2)21-15-7-4-6-14(12-15)19-17-8-5-9-18-16(17)10-11-20-18/h4,6-7,10-13,17,19H,3,5,8-9H2,1-2H3. The first-order valence-corrected chi connectivity index (χ1v) is 7.85. The maximum Gasteiger partial charge on any atom is 0.121 e. The second kappa shape index (κ2) is 6.25. The van der Waals surface area contributed by atoms with Crippen molar-refractivity contribution in [3.8, 4) is 5.75 Å². The molecule has 0 amide bonds. The van der Waals surface area contributed by atoms with E-state index in [1.165, 1.54) is 12.0 Å². The van der Waals surface area contributed by atoms with Crippen molar-refractivity contribution in [3.05, 3.63) is 47.9 Å². The molecule has 0 saturated carbocycles. The topological polar surface area (TPSA) is 34.4 Å². The third kappa shape index (κ3) is 3.23. The summed E-state index contributed by atoms with van der Waals surface area (Å²) < 4.78 is 11.4. The molecule has 2 unspecified atom stereocenters. The fourth-order valence-electron chi connectivity index (χ4n) is 2.81. The number of aryl methyl sites for hydroxylation is 1. The number of rotatable bonds is 5. The molecule has 1 aliphatic rings. The van der Waals surface area contributed by atoms with Crippen molar-refractivity contribution in [2.45, 2.75) is 51.7 Å². The third-order valence-corrected chi connectivity index (χ3v) is 4.14. The molecule has 0 aliphatic heterocycles. The molecule has 2 atom stereocenters. The second-order valence-corrected chi connectivity index (χ2v) is 5.75. The first-order chi connectivity index (χ1) is 10.3. The zero-order valence-electron chi connectivity index (χ0n) is 12.8. The lowest BCUT2D eigenvalue weighted by Crippen LogP contribution is -2.16. The van der Waals surface area contributed by atoms with E-state index in [4.69, 9.17) is 9.15 Å². The molecule has 0 spiro atoms. The zero-order chi connectivity index (χ0) is 14.7. The molecule has 112 valence electrons. The Morgan fingerprint density at radius 1 is 1.38 bits per heavy atom. The number of anilines is 1. The van der Waals surface area contributed by atoms with Crippen LogP contribution in [-0.2, 0) is 6.42 Å². The van der Waals surface area contributed by atoms with Crippen molar-refractivity contribution < 1.29 is 9.15 Å². The van der Waals surface area contributed by atoms with Crippen molar-refractivity contribution in [3.63, 3.8) is 0 Å². The van der Waals surface area contributed by atoms with Crippen LogP contribution in [-0.4, -0.2) is 6.10 Å². The predicted molar refractivity (Wildman–Crippen MR) is 84.8 cm³/mol. The van der Waals surface area contributed by atoms with E-state index in [1.54, 1.807) is 6.26 Å². The highest BCUT2D eigenvalue weighted by atomic mass is 16.5. The van der Waals surface area contributed by atoms with Crippen LogP contribution in [0.5, 0.6) is 5.75 Å². The molecule has 1 N–H and O–H groups in total. The summed E-state index contributed by atoms with van der Waals surface area (Å²) in [6.07, 6.45) is 6.42. The van der Waals surface area contributed by atoms with Crippen molar-refractivity contribution in [1.82, 2.24) is 0 Å². The van der Waals surface area contributed by atoms with Gasteiger partial charge in [0.25, 0.3) is 0 Å². The number of benzene rings is 1. The normalized spacial score (nSPS) is 18.9. The van der Waals surface area contributed by atoms with Gasteiger partial charge in [0.15, 0.2) is 0 Å². The highest BCUT2D eigenvalue weighted by Crippen LogP contribution is 2.33. The molecule has 0 fully saturated rings. The average molecular weight is 285 g/mol. The van der Waals surface area contributed by atoms with Gasteiger partial charge in [-0.2, -0.15) is 0 Å². The van der Waals surface area contributed by atoms with Gasteiger partial charge >= 0.3 is 0 Å². The van der Waals surface area contributed by atoms with E-state index >= 15 is 0 Å². The smallest absolute Gasteiger partial charge is 0.121 e. The summed E-state index contributed by atoms with van der Waals surface area (Å²) in [6, 6.07) is 10.7. The molecular formula is C18H23NO2. The van der Waals surface area contributed by atoms with Gasteiger partial charge in [-0.3, -0.25) is 0 Å². The molecule has 1 aromatic heterocycles. The van der Waals surface area contributed by atoms with E-state index in [-0.39, 0.29) is 6.10 Å². The van der Waals surface area contributed by atoms with Crippen LogP contribution in [0, 0.1) is 0 Å². The maximum atomic E-state index is 5.89. The van der Waals surface area contributed by atoms with Crippen molar-refractivity contribution in [2.75, 3.05) is 5.32 Å². The number of fused-ring (bicyclic) bond motifs is 1. The average Bonchev–Trinajstić information content (AvgIpc) is 2.97. The zero-order valence-corrected chi connectivity index (χ0v) is 12.8. The first-order valence-electron chi connectivity index (χ1n) is 7.85. The lowest BCUT2D eigenvalue weighted by atomic mass is 9.93. The molecule has 3 heteroatoms. The van der Waals surface area contributed by atoms with Crippen LogP contribution in [0.1, 0.15) is 50.5 Å². The van der Waals surface area contributed by atoms with E-state index < -0.39 is 0 Å². The summed E-state index contributed by atoms with van der Waals surface area (Å²) in [5, 5.41) is 3.61. The van der Waals surface area contributed by atoms with Crippen LogP contribution in [0.25, 0.3) is 0 Å². The van der Waals surface area contributed by atoms with Gasteiger partial charge in [0, 0.05) is 23.7 Å². The van der Waals surface area contributed by atoms with Crippen LogP contribution < -0.4 is 10.1 Å². The largest absolute Gasteiger partial charge is 0.491 e. The fraction of sp³-hybridized carbons (Fsp3) is 0.444. The number of furan rings is 1. The summed E-state index contributed by atoms with van der Waals surface area (Å²) in [5.41, 5.74) is 2.41. The third-order valence-electron chi connectivity index (χ3n) is 4.14. The predicted octanol–water partition coefficient (Wildman–Crippen LogP) is 4.95. The Morgan fingerprint density at radius 2 is 2.29 bits per heavy atom. The van der Waals surface area contributed by atoms with E-state index in [0.29, 0.717) is 6.04 Å². The Kier molecular flexibility index (Phi) is 4.18. The molecular weight excluding hydrogens is 262 g/mol. The Bertz CT molecular complexity index is 590. The van der Waals surface area contributed by atoms with Gasteiger partial charge in [-0.1, -0.05) is 13.0 Å². The Morgan fingerprint density at radius 3 is 3.14 bits per heavy atom. The summed E-state index contributed by atoms with van der Waals surface area (Å²) in [5.74, 6) is 2.06. The van der Waals surface area contributed by atoms with Crippen LogP contribution >= 0.6 is 0 Å². The maximum absolute atomic E-state index is 5.89. The van der Waals surface area contributed by atoms with Gasteiger partial charge in [-0.15, -0.1) is 0 Å². The van der Waals surface area contributed by atoms with Crippen LogP contribution in [0.4, 0.5) is 5.69 Å². The quantitative estimate of drug-likeness (QED) is 0.844. The van der Waals surface area contributed by atoms with E-state index in [0.717, 1.165) is 36.5 Å². The van der Waals surface area contributed by atoms with Gasteiger partial charge in [0.05, 0.1) is 18.4 Å². The van der Waals surface area contributed by atoms with Crippen LogP contribution in [0.15, 0.2) is 41.0 Å². The van der Waals surface area contributed by atoms with Gasteiger partial charge < -0.3 is 14.5 Å². The number of hydrogen-bond donors (Lipinski definition) is 1. The van der Waals surface area contributed by atoms with Gasteiger partial charge in [0.1, 0.15) is 11.5 Å². The van der Waals surface area contributed by atoms with Crippen LogP contribution in [0.2, 0.25) is 0 Å². The van der Waals surface area contributed by atoms with E-state index in [9.17, 15) is 0 Å². The Balaban J connectivity index is 1.73. The SMILES string of the molecule is CCC(C)Oc1cccc(NC2CCCc3occc32)c1. The molecule has 2 aromatic rings. The van der Waals surface area contributed by atoms with Gasteiger partial charge in [-0.25, -0.2) is 0 Å². The second-order valence-electron chi connectivity index (χ2n) is 5.75. The van der Waals surface area contributed by atoms with Gasteiger partial charge in [0.2, 0.25) is 0 Å². The first kappa shape index (κ1) is 14.1. The molecule has 0 radical (unpaired) electrons. The number of hydrogen-bond acceptors (Lipinski definition) is 3. The summed E-state index contributed by atoms with van der Waals surface area (Å²) in [4.78, 5) is 0. The number of ether oxygens (including phenoxy) is 1. The minimum Gasteiger partial charge on any atom is -0.491 e. The van der Waals surface area contributed by atoms with E-state index in [2.05, 4.69) is 37.4 Å². The van der Waals surface area contributed by atoms with Crippen molar-refractivity contribution in [1.29, 1.82) is 0 Å². The van der Waals surface area contributed by atoms with Gasteiger partial charge in [-0.05, 0) is 44.4 Å². The summed E-state index contributed by atoms with van der Waals surface area (Å²) in [6.45, 7) is 4.23. The summed E-state index contributed by atoms with van der Waals surface area (Å²) in [7, 11) is 0. The highest BCUT2D eigenvalue weighted by Gasteiger charge is 2.22. The Hall–Kier alpha value is -1.90. The van der Waals surface area contributed by atoms with Crippen molar-refractivity contribution >= 4 is 5.69 Å². The van der Waals surface area contributed by atoms with Crippen LogP contribution in [0.3, 0.4) is 0 Å². The van der Waals surface area contributed by atoms with Crippen molar-refractivity contribution in [2.24, 2.45) is 0 Å². The minimum absolute atomic E-state index is 0.246. The minimum atomic E-state index is 0.246. The summed E-state index contributed by atoms with van der Waals surface area (Å²) >= 11 is 0. The number of nitrogens with one attached hydrogen (secondary N) is 1. The molecule has 1 heterocycles. The molecule has 3 rings (SSSR count). The monoisotopic (exact) mass is 285 g/mol. The molecule has 3 nitrogen and oxygen atoms in total. The van der Waals surface area contributed by atoms with E-state index in [1.807, 2.05) is 12.1 Å². The molecule has 1 aromatic carbocycles. The lowest BCUT2D eigenvalue weighted by Gasteiger charge is -2.24. The highest BCUT2D eigenvalue weighted by molar-refractivity contribution is 5.50. The fourth-order valence-corrected chi connectivity index (χ4v) is 2.81. The molecule has 1 aliphatic carbocycles. The molecule has 0 bridgehead atoms. The Labute approximate surface area is 126 Å². The molecule has 0 saturated heterocycles.